The number of aliphatic carboxylic acids is 1. The Morgan fingerprint density at radius 3 is 1.77 bits per heavy atom. The van der Waals surface area contributed by atoms with Gasteiger partial charge < -0.3 is 61.9 Å². The highest BCUT2D eigenvalue weighted by atomic mass is 32.2. The molecule has 3 amide bonds. The maximum Gasteiger partial charge on any atom is 0.326 e. The van der Waals surface area contributed by atoms with Crippen molar-refractivity contribution in [1.29, 1.82) is 5.41 Å². The van der Waals surface area contributed by atoms with E-state index in [4.69, 9.17) is 40.4 Å². The molecule has 1 aromatic rings. The van der Waals surface area contributed by atoms with E-state index in [2.05, 4.69) is 27.8 Å². The summed E-state index contributed by atoms with van der Waals surface area (Å²) in [4.78, 5) is 104. The summed E-state index contributed by atoms with van der Waals surface area (Å²) >= 11 is 0. The Kier molecular flexibility index (Phi) is 50.0. The van der Waals surface area contributed by atoms with Gasteiger partial charge in [0.15, 0.2) is 17.3 Å². The van der Waals surface area contributed by atoms with Gasteiger partial charge in [-0.05, 0) is 102 Å². The number of benzene rings is 1. The number of ketones is 4. The number of amidine groups is 1. The summed E-state index contributed by atoms with van der Waals surface area (Å²) in [7, 11) is -2.17. The third-order valence-electron chi connectivity index (χ3n) is 15.8. The number of hydrogen-bond acceptors (Lipinski definition) is 19. The molecule has 0 saturated heterocycles. The molecule has 93 heavy (non-hydrogen) atoms. The van der Waals surface area contributed by atoms with Crippen LogP contribution in [0, 0.1) is 11.3 Å². The molecule has 0 aliphatic rings. The zero-order chi connectivity index (χ0) is 68.9. The highest BCUT2D eigenvalue weighted by molar-refractivity contribution is 7.85. The minimum atomic E-state index is -3.85. The number of Topliss-reactive ketones (excluding diaryl/α,β-unsaturated/α-hetero) is 4. The van der Waals surface area contributed by atoms with Gasteiger partial charge in [-0.15, -0.1) is 0 Å². The van der Waals surface area contributed by atoms with Gasteiger partial charge in [-0.3, -0.25) is 48.4 Å². The molecule has 1 rings (SSSR count). The van der Waals surface area contributed by atoms with Crippen molar-refractivity contribution in [3.05, 3.63) is 42.1 Å². The van der Waals surface area contributed by atoms with Gasteiger partial charge >= 0.3 is 5.97 Å². The van der Waals surface area contributed by atoms with Crippen LogP contribution in [0.5, 0.6) is 5.75 Å². The number of ether oxygens (including phenoxy) is 4. The number of carboxylic acid groups (broad SMARTS) is 1. The number of phenolic OH excluding ortho intramolecular Hbond substituents is 1. The molecule has 4 atom stereocenters. The van der Waals surface area contributed by atoms with Crippen LogP contribution in [-0.2, 0) is 73.8 Å². The first kappa shape index (κ1) is 85.3. The number of aromatic hydroxyl groups is 1. The lowest BCUT2D eigenvalue weighted by molar-refractivity contribution is -0.139. The van der Waals surface area contributed by atoms with Gasteiger partial charge in [0.05, 0.1) is 69.8 Å². The molecule has 0 fully saturated rings. The summed E-state index contributed by atoms with van der Waals surface area (Å²) in [5.41, 5.74) is 12.7. The molecule has 532 valence electrons. The molecule has 0 spiro atoms. The van der Waals surface area contributed by atoms with Crippen molar-refractivity contribution in [2.45, 2.75) is 224 Å². The molecule has 1 aromatic carbocycles. The number of unbranched alkanes of at least 4 members (excludes halogenated alkanes) is 16. The third kappa shape index (κ3) is 49.5. The average molecular weight is 1340 g/mol. The van der Waals surface area contributed by atoms with E-state index in [-0.39, 0.29) is 150 Å². The van der Waals surface area contributed by atoms with Crippen molar-refractivity contribution in [3.63, 3.8) is 0 Å². The first-order valence-corrected chi connectivity index (χ1v) is 35.5. The van der Waals surface area contributed by atoms with E-state index in [9.17, 15) is 57.0 Å². The Morgan fingerprint density at radius 1 is 0.602 bits per heavy atom. The third-order valence-corrected chi connectivity index (χ3v) is 16.6. The van der Waals surface area contributed by atoms with Crippen LogP contribution in [0.3, 0.4) is 0 Å². The Labute approximate surface area is 553 Å². The number of nitrogens with one attached hydrogen (secondary N) is 5. The Morgan fingerprint density at radius 2 is 1.16 bits per heavy atom. The van der Waals surface area contributed by atoms with E-state index in [0.29, 0.717) is 89.5 Å². The number of likely N-dealkylation sites (N-methyl/N-ethyl adjacent to an activating group) is 1. The minimum absolute atomic E-state index is 0.0100. The van der Waals surface area contributed by atoms with Crippen molar-refractivity contribution < 1.29 is 80.5 Å². The summed E-state index contributed by atoms with van der Waals surface area (Å²) in [6, 6.07) is 3.92. The number of carboxylic acids is 1. The second-order valence-electron chi connectivity index (χ2n) is 24.2. The van der Waals surface area contributed by atoms with E-state index in [0.717, 1.165) is 76.2 Å². The number of primary amides is 1. The second kappa shape index (κ2) is 54.5. The predicted octanol–water partition coefficient (Wildman–Crippen LogP) is 6.97. The number of phenols is 1. The number of hydrogen-bond donors (Lipinski definition) is 10. The predicted molar refractivity (Wildman–Crippen MR) is 358 cm³/mol. The van der Waals surface area contributed by atoms with Crippen LogP contribution in [0.25, 0.3) is 0 Å². The number of amides is 3. The van der Waals surface area contributed by atoms with Gasteiger partial charge in [-0.2, -0.15) is 8.42 Å². The summed E-state index contributed by atoms with van der Waals surface area (Å²) < 4.78 is 52.2. The van der Waals surface area contributed by atoms with Gasteiger partial charge in [0, 0.05) is 63.4 Å². The first-order valence-electron chi connectivity index (χ1n) is 33.9. The summed E-state index contributed by atoms with van der Waals surface area (Å²) in [5, 5.41) is 38.7. The molecule has 0 unspecified atom stereocenters. The fourth-order valence-corrected chi connectivity index (χ4v) is 10.9. The number of nitrogens with zero attached hydrogens (tertiary/aromatic N) is 1. The van der Waals surface area contributed by atoms with Gasteiger partial charge in [-0.1, -0.05) is 116 Å². The van der Waals surface area contributed by atoms with Crippen LogP contribution in [0.2, 0.25) is 0 Å². The van der Waals surface area contributed by atoms with Gasteiger partial charge in [0.1, 0.15) is 30.8 Å². The zero-order valence-electron chi connectivity index (χ0n) is 56.0. The van der Waals surface area contributed by atoms with E-state index < -0.39 is 46.0 Å². The lowest BCUT2D eigenvalue weighted by Gasteiger charge is -2.29. The molecule has 0 saturated carbocycles. The molecule has 0 heterocycles. The maximum absolute atomic E-state index is 14.0. The lowest BCUT2D eigenvalue weighted by Crippen LogP contribution is -2.48. The van der Waals surface area contributed by atoms with Crippen LogP contribution in [0.1, 0.15) is 205 Å². The number of rotatable bonds is 66. The van der Waals surface area contributed by atoms with E-state index in [1.807, 2.05) is 6.92 Å². The Hall–Kier alpha value is -5.74. The summed E-state index contributed by atoms with van der Waals surface area (Å²) in [6.07, 6.45) is 21.2. The fraction of sp³-hybridized carbons (Fsp3) is 0.746. The van der Waals surface area contributed by atoms with Crippen LogP contribution in [-0.4, -0.2) is 191 Å². The van der Waals surface area contributed by atoms with Crippen LogP contribution in [0.4, 0.5) is 0 Å². The largest absolute Gasteiger partial charge is 0.508 e. The Balaban J connectivity index is 2.28. The Bertz CT molecular complexity index is 2420. The number of nitrogens with two attached hydrogens (primary N) is 2. The molecular weight excluding hydrogens is 1220 g/mol. The molecule has 12 N–H and O–H groups in total. The molecule has 0 aliphatic carbocycles. The maximum atomic E-state index is 14.0. The van der Waals surface area contributed by atoms with E-state index >= 15 is 0 Å². The zero-order valence-corrected chi connectivity index (χ0v) is 56.8. The van der Waals surface area contributed by atoms with Crippen molar-refractivity contribution in [3.8, 4) is 5.75 Å². The molecule has 0 aliphatic heterocycles. The van der Waals surface area contributed by atoms with E-state index in [1.165, 1.54) is 37.8 Å². The quantitative estimate of drug-likeness (QED) is 0.0136. The number of allylic oxidation sites excluding steroid dienone is 1. The fourth-order valence-electron chi connectivity index (χ4n) is 10.3. The summed E-state index contributed by atoms with van der Waals surface area (Å²) in [5.74, 6) is -3.80. The topological polar surface area (TPSA) is 396 Å². The number of carbonyl (C=O) groups excluding carboxylic acids is 7. The smallest absolute Gasteiger partial charge is 0.326 e. The van der Waals surface area contributed by atoms with Crippen LogP contribution >= 0.6 is 0 Å². The molecule has 0 aromatic heterocycles. The molecule has 0 radical (unpaired) electrons. The average Bonchev–Trinajstić information content (AvgIpc) is 1.34. The SMILES string of the molecule is C=C(CCCCCCCCCCCCCCCS(=O)(=O)O)N[C@@H](CCC(=O)NCCOCCOCC(=O)CCCOCCOCC(=O)NCCCC[C@H](NCC(=O)CCCCC)C(=O)CN(C)[C@@H](CCCCC(=N)N)C(=O)C[C@@H](Cc1ccc(O)cc1)C(N)=O)C(=O)O. The monoisotopic (exact) mass is 1340 g/mol. The second-order valence-corrected chi connectivity index (χ2v) is 25.8. The van der Waals surface area contributed by atoms with Gasteiger partial charge in [0.2, 0.25) is 17.7 Å². The molecular formula is C67H116N8O17S. The minimum Gasteiger partial charge on any atom is -0.508 e. The van der Waals surface area contributed by atoms with Crippen LogP contribution in [0.15, 0.2) is 36.5 Å². The lowest BCUT2D eigenvalue weighted by atomic mass is 9.89. The standard InChI is InChI=1S/C67H116N8O17S/c1-4-5-17-26-56(77)48-73-58(62(80)49-75(3)60(29-19-20-30-63(68)69)61(79)47-54(66(70)83)46-53-31-33-55(76)34-32-53)28-21-22-37-71-65(82)51-92-44-41-89-39-24-27-57(78)50-91-43-42-90-40-38-72-64(81)36-35-59(67(84)85)74-52(2)25-18-15-13-11-9-7-6-8-10-12-14-16-23-45-93(86,87)88/h31-34,54,58-60,73-74,76H,2,4-30,35-51H2,1,3H3,(H3,68,69)(H2,70,83)(H,71,82)(H,72,81)(H,84,85)(H,86,87,88)/t54-,58+,59+,60+/m1/s1. The highest BCUT2D eigenvalue weighted by Crippen LogP contribution is 2.21. The molecule has 25 nitrogen and oxygen atoms in total. The van der Waals surface area contributed by atoms with Gasteiger partial charge in [-0.25, -0.2) is 4.79 Å². The normalized spacial score (nSPS) is 12.8. The highest BCUT2D eigenvalue weighted by Gasteiger charge is 2.31. The van der Waals surface area contributed by atoms with Crippen molar-refractivity contribution in [2.75, 3.05) is 91.8 Å². The van der Waals surface area contributed by atoms with E-state index in [1.54, 1.807) is 24.1 Å². The van der Waals surface area contributed by atoms with Crippen molar-refractivity contribution in [1.82, 2.24) is 26.2 Å². The number of carbonyl (C=O) groups is 8. The summed E-state index contributed by atoms with van der Waals surface area (Å²) in [6.45, 7) is 7.51. The first-order chi connectivity index (χ1) is 44.5. The molecule has 0 bridgehead atoms. The van der Waals surface area contributed by atoms with Crippen LogP contribution < -0.4 is 32.7 Å². The van der Waals surface area contributed by atoms with Gasteiger partial charge in [0.25, 0.3) is 10.1 Å². The van der Waals surface area contributed by atoms with Crippen molar-refractivity contribution >= 4 is 62.8 Å². The van der Waals surface area contributed by atoms with Crippen molar-refractivity contribution in [2.24, 2.45) is 17.4 Å². The molecule has 26 heteroatoms.